The molecule has 1 N–H and O–H groups in total. The fraction of sp³-hybridized carbons (Fsp3) is 0.250. The van der Waals surface area contributed by atoms with E-state index < -0.39 is 5.82 Å². The van der Waals surface area contributed by atoms with E-state index >= 15 is 0 Å². The number of rotatable bonds is 7. The van der Waals surface area contributed by atoms with Crippen LogP contribution in [0.15, 0.2) is 73.6 Å². The highest BCUT2D eigenvalue weighted by Gasteiger charge is 2.33. The van der Waals surface area contributed by atoms with Gasteiger partial charge in [-0.05, 0) is 47.9 Å². The number of allylic oxidation sites excluding steroid dienone is 3. The smallest absolute Gasteiger partial charge is 0.165 e. The van der Waals surface area contributed by atoms with Crippen molar-refractivity contribution in [3.8, 4) is 5.75 Å². The van der Waals surface area contributed by atoms with E-state index in [9.17, 15) is 9.50 Å². The van der Waals surface area contributed by atoms with Crippen LogP contribution in [0, 0.1) is 5.82 Å². The van der Waals surface area contributed by atoms with E-state index in [1.165, 1.54) is 13.2 Å². The van der Waals surface area contributed by atoms with Crippen molar-refractivity contribution >= 4 is 11.3 Å². The molecule has 1 aliphatic heterocycles. The van der Waals surface area contributed by atoms with Crippen LogP contribution in [0.2, 0.25) is 0 Å². The SMILES string of the molecule is C=C/C(=C\C)c1ccc(N2C[C@H](CO)N(Cc3ccc(F)c(OC)c3)C2=C)cc1. The zero-order valence-corrected chi connectivity index (χ0v) is 16.9. The molecule has 0 unspecified atom stereocenters. The predicted octanol–water partition coefficient (Wildman–Crippen LogP) is 4.58. The summed E-state index contributed by atoms with van der Waals surface area (Å²) in [6.07, 6.45) is 3.86. The van der Waals surface area contributed by atoms with Gasteiger partial charge in [-0.25, -0.2) is 4.39 Å². The van der Waals surface area contributed by atoms with E-state index in [2.05, 4.69) is 30.2 Å². The maximum absolute atomic E-state index is 13.7. The summed E-state index contributed by atoms with van der Waals surface area (Å²) >= 11 is 0. The highest BCUT2D eigenvalue weighted by atomic mass is 19.1. The number of hydrogen-bond donors (Lipinski definition) is 1. The van der Waals surface area contributed by atoms with Gasteiger partial charge in [0.25, 0.3) is 0 Å². The minimum Gasteiger partial charge on any atom is -0.494 e. The van der Waals surface area contributed by atoms with Gasteiger partial charge in [-0.1, -0.05) is 43.5 Å². The number of aliphatic hydroxyl groups excluding tert-OH is 1. The molecule has 2 aromatic carbocycles. The zero-order chi connectivity index (χ0) is 21.0. The molecular weight excluding hydrogens is 367 g/mol. The summed E-state index contributed by atoms with van der Waals surface area (Å²) in [7, 11) is 1.45. The van der Waals surface area contributed by atoms with Crippen LogP contribution >= 0.6 is 0 Å². The van der Waals surface area contributed by atoms with Crippen LogP contribution in [0.25, 0.3) is 5.57 Å². The molecule has 3 rings (SSSR count). The summed E-state index contributed by atoms with van der Waals surface area (Å²) in [5.74, 6) is 0.620. The van der Waals surface area contributed by atoms with Gasteiger partial charge in [0.15, 0.2) is 11.6 Å². The highest BCUT2D eigenvalue weighted by molar-refractivity contribution is 5.74. The molecule has 0 radical (unpaired) electrons. The van der Waals surface area contributed by atoms with Gasteiger partial charge in [0.05, 0.1) is 19.8 Å². The molecule has 0 aliphatic carbocycles. The molecular formula is C24H27FN2O2. The van der Waals surface area contributed by atoms with Gasteiger partial charge in [-0.15, -0.1) is 0 Å². The Morgan fingerprint density at radius 1 is 1.28 bits per heavy atom. The average molecular weight is 394 g/mol. The van der Waals surface area contributed by atoms with Crippen molar-refractivity contribution in [2.45, 2.75) is 19.5 Å². The van der Waals surface area contributed by atoms with E-state index in [1.54, 1.807) is 12.1 Å². The Morgan fingerprint density at radius 2 is 2.00 bits per heavy atom. The minimum atomic E-state index is -0.392. The van der Waals surface area contributed by atoms with Crippen molar-refractivity contribution in [1.29, 1.82) is 0 Å². The Labute approximate surface area is 171 Å². The third-order valence-electron chi connectivity index (χ3n) is 5.30. The number of aliphatic hydroxyl groups is 1. The van der Waals surface area contributed by atoms with Crippen molar-refractivity contribution in [2.75, 3.05) is 25.2 Å². The number of methoxy groups -OCH3 is 1. The van der Waals surface area contributed by atoms with E-state index in [4.69, 9.17) is 4.74 Å². The van der Waals surface area contributed by atoms with Gasteiger partial charge in [0, 0.05) is 18.8 Å². The highest BCUT2D eigenvalue weighted by Crippen LogP contribution is 2.32. The Hall–Kier alpha value is -3.05. The monoisotopic (exact) mass is 394 g/mol. The molecule has 29 heavy (non-hydrogen) atoms. The molecule has 0 saturated carbocycles. The zero-order valence-electron chi connectivity index (χ0n) is 16.9. The predicted molar refractivity (Wildman–Crippen MR) is 116 cm³/mol. The first-order chi connectivity index (χ1) is 14.0. The summed E-state index contributed by atoms with van der Waals surface area (Å²) in [6.45, 7) is 11.2. The molecule has 0 amide bonds. The van der Waals surface area contributed by atoms with Crippen molar-refractivity contribution in [3.63, 3.8) is 0 Å². The summed E-state index contributed by atoms with van der Waals surface area (Å²) < 4.78 is 18.8. The van der Waals surface area contributed by atoms with Crippen molar-refractivity contribution in [2.24, 2.45) is 0 Å². The van der Waals surface area contributed by atoms with E-state index in [1.807, 2.05) is 36.1 Å². The van der Waals surface area contributed by atoms with E-state index in [0.29, 0.717) is 13.1 Å². The Bertz CT molecular complexity index is 921. The molecule has 2 aromatic rings. The number of halogens is 1. The van der Waals surface area contributed by atoms with Crippen LogP contribution < -0.4 is 9.64 Å². The number of anilines is 1. The van der Waals surface area contributed by atoms with Crippen molar-refractivity contribution in [1.82, 2.24) is 4.90 Å². The minimum absolute atomic E-state index is 0.00508. The standard InChI is InChI=1S/C24H27FN2O2/c1-5-19(6-2)20-8-10-21(11-9-20)27-15-22(16-28)26(17(27)3)14-18-7-12-23(25)24(13-18)29-4/h5-13,22,28H,1,3,14-16H2,2,4H3/b19-6+/t22-/m1/s1. The molecule has 1 fully saturated rings. The second kappa shape index (κ2) is 8.97. The van der Waals surface area contributed by atoms with Gasteiger partial charge in [0.1, 0.15) is 5.82 Å². The number of ether oxygens (including phenoxy) is 1. The molecule has 1 aliphatic rings. The van der Waals surface area contributed by atoms with E-state index in [-0.39, 0.29) is 18.4 Å². The number of hydrogen-bond acceptors (Lipinski definition) is 4. The quantitative estimate of drug-likeness (QED) is 0.698. The summed E-state index contributed by atoms with van der Waals surface area (Å²) in [4.78, 5) is 4.14. The van der Waals surface area contributed by atoms with E-state index in [0.717, 1.165) is 28.2 Å². The molecule has 1 heterocycles. The third kappa shape index (κ3) is 4.20. The Morgan fingerprint density at radius 3 is 2.59 bits per heavy atom. The first kappa shape index (κ1) is 20.7. The fourth-order valence-corrected chi connectivity index (χ4v) is 3.65. The Balaban J connectivity index is 1.81. The molecule has 1 atom stereocenters. The molecule has 0 spiro atoms. The van der Waals surface area contributed by atoms with Gasteiger partial charge >= 0.3 is 0 Å². The first-order valence-electron chi connectivity index (χ1n) is 9.58. The van der Waals surface area contributed by atoms with Crippen molar-refractivity contribution < 1.29 is 14.2 Å². The molecule has 1 saturated heterocycles. The van der Waals surface area contributed by atoms with Crippen LogP contribution in [-0.4, -0.2) is 36.3 Å². The lowest BCUT2D eigenvalue weighted by Crippen LogP contribution is -2.32. The number of benzene rings is 2. The molecule has 0 bridgehead atoms. The fourth-order valence-electron chi connectivity index (χ4n) is 3.65. The normalized spacial score (nSPS) is 17.0. The van der Waals surface area contributed by atoms with Crippen LogP contribution in [0.4, 0.5) is 10.1 Å². The van der Waals surface area contributed by atoms with Crippen molar-refractivity contribution in [3.05, 3.63) is 90.5 Å². The average Bonchev–Trinajstić information content (AvgIpc) is 3.06. The topological polar surface area (TPSA) is 35.9 Å². The number of nitrogens with zero attached hydrogens (tertiary/aromatic N) is 2. The lowest BCUT2D eigenvalue weighted by molar-refractivity contribution is 0.178. The van der Waals surface area contributed by atoms with Gasteiger partial charge in [0.2, 0.25) is 0 Å². The Kier molecular flexibility index (Phi) is 6.39. The van der Waals surface area contributed by atoms with Gasteiger partial charge < -0.3 is 19.6 Å². The molecule has 0 aromatic heterocycles. The third-order valence-corrected chi connectivity index (χ3v) is 5.30. The largest absolute Gasteiger partial charge is 0.494 e. The van der Waals surface area contributed by atoms with Crippen LogP contribution in [-0.2, 0) is 6.54 Å². The second-order valence-electron chi connectivity index (χ2n) is 6.96. The summed E-state index contributed by atoms with van der Waals surface area (Å²) in [5, 5.41) is 9.91. The lowest BCUT2D eigenvalue weighted by Gasteiger charge is -2.26. The molecule has 4 nitrogen and oxygen atoms in total. The van der Waals surface area contributed by atoms with Gasteiger partial charge in [-0.3, -0.25) is 0 Å². The maximum atomic E-state index is 13.7. The molecule has 5 heteroatoms. The first-order valence-corrected chi connectivity index (χ1v) is 9.58. The van der Waals surface area contributed by atoms with Crippen LogP contribution in [0.5, 0.6) is 5.75 Å². The van der Waals surface area contributed by atoms with Gasteiger partial charge in [-0.2, -0.15) is 0 Å². The van der Waals surface area contributed by atoms with Crippen LogP contribution in [0.1, 0.15) is 18.1 Å². The maximum Gasteiger partial charge on any atom is 0.165 e. The lowest BCUT2D eigenvalue weighted by atomic mass is 10.1. The van der Waals surface area contributed by atoms with Crippen LogP contribution in [0.3, 0.4) is 0 Å². The second-order valence-corrected chi connectivity index (χ2v) is 6.96. The summed E-state index contributed by atoms with van der Waals surface area (Å²) in [6, 6.07) is 12.9. The summed E-state index contributed by atoms with van der Waals surface area (Å²) in [5.41, 5.74) is 4.08. The molecule has 152 valence electrons.